The standard InChI is InChI=1S/C43H70N2.2C8H8O4.Pd/c1-7-13-19-20-21-23-29-43(45-41-33-31-37(25-16-10-4)39(35-41)27-18-12-6)42(28-22-14-8-2)44-40-32-30-36(24-15-9-3)38(34-40)26-17-11-5;2*1-4-2-3-5(9)7(10)6(4)8(11)12;/h30-35H,7-29H2,1-6H3;2*2-3,9-10H,1H3,(H,11,12);/q;;;+2/p-2. The number of phenolic OH excluding ortho intramolecular Hbond substituents is 2. The average molecular weight is 1060 g/mol. The summed E-state index contributed by atoms with van der Waals surface area (Å²) in [6.07, 6.45) is 28.2. The molecule has 0 fully saturated rings. The first-order valence-corrected chi connectivity index (χ1v) is 26.0. The fourth-order valence-corrected chi connectivity index (χ4v) is 8.12. The first kappa shape index (κ1) is 63.0. The average Bonchev–Trinajstić information content (AvgIpc) is 3.32. The molecule has 0 saturated carbocycles. The molecule has 10 nitrogen and oxygen atoms in total. The monoisotopic (exact) mass is 1050 g/mol. The van der Waals surface area contributed by atoms with Crippen molar-refractivity contribution in [2.45, 2.75) is 203 Å². The Balaban J connectivity index is 0.000000789. The van der Waals surface area contributed by atoms with E-state index in [9.17, 15) is 19.8 Å². The van der Waals surface area contributed by atoms with Crippen molar-refractivity contribution in [1.82, 2.24) is 0 Å². The smallest absolute Gasteiger partial charge is 0.545 e. The molecule has 388 valence electrons. The first-order valence-electron chi connectivity index (χ1n) is 26.0. The molecule has 0 saturated heterocycles. The van der Waals surface area contributed by atoms with Gasteiger partial charge in [-0.2, -0.15) is 0 Å². The van der Waals surface area contributed by atoms with Crippen LogP contribution in [0.15, 0.2) is 70.6 Å². The van der Waals surface area contributed by atoms with Gasteiger partial charge in [0, 0.05) is 11.1 Å². The number of carbonyl (C=O) groups excluding carboxylic acids is 2. The number of aliphatic imine (C=N–C) groups is 2. The van der Waals surface area contributed by atoms with Crippen molar-refractivity contribution in [1.29, 1.82) is 0 Å². The van der Waals surface area contributed by atoms with Gasteiger partial charge in [-0.3, -0.25) is 9.98 Å². The maximum absolute atomic E-state index is 10.4. The minimum atomic E-state index is -1.50. The molecular weight excluding hydrogens is 971 g/mol. The zero-order chi connectivity index (χ0) is 51.1. The summed E-state index contributed by atoms with van der Waals surface area (Å²) in [6.45, 7) is 16.8. The second-order valence-electron chi connectivity index (χ2n) is 18.2. The Morgan fingerprint density at radius 1 is 0.429 bits per heavy atom. The molecule has 0 unspecified atom stereocenters. The van der Waals surface area contributed by atoms with Crippen molar-refractivity contribution in [2.75, 3.05) is 0 Å². The third-order valence-corrected chi connectivity index (χ3v) is 12.4. The molecule has 0 bridgehead atoms. The molecule has 4 rings (SSSR count). The largest absolute Gasteiger partial charge is 2.00 e. The summed E-state index contributed by atoms with van der Waals surface area (Å²) in [5.74, 6) is -5.20. The number of aromatic carboxylic acids is 2. The Kier molecular flexibility index (Phi) is 32.4. The van der Waals surface area contributed by atoms with Gasteiger partial charge in [-0.25, -0.2) is 0 Å². The summed E-state index contributed by atoms with van der Waals surface area (Å²) in [5, 5.41) is 56.8. The second kappa shape index (κ2) is 36.0. The summed E-state index contributed by atoms with van der Waals surface area (Å²) in [7, 11) is 0. The Bertz CT molecular complexity index is 2170. The van der Waals surface area contributed by atoms with Gasteiger partial charge in [0.15, 0.2) is 23.0 Å². The zero-order valence-corrected chi connectivity index (χ0v) is 45.2. The van der Waals surface area contributed by atoms with Crippen LogP contribution in [-0.4, -0.2) is 43.8 Å². The molecule has 0 radical (unpaired) electrons. The number of phenols is 4. The number of rotatable bonds is 28. The molecule has 0 aliphatic carbocycles. The van der Waals surface area contributed by atoms with E-state index in [-0.39, 0.29) is 31.5 Å². The van der Waals surface area contributed by atoms with Gasteiger partial charge in [-0.1, -0.05) is 136 Å². The van der Waals surface area contributed by atoms with Crippen LogP contribution in [0.1, 0.15) is 218 Å². The van der Waals surface area contributed by atoms with Crippen LogP contribution in [0.2, 0.25) is 0 Å². The molecule has 0 spiro atoms. The minimum absolute atomic E-state index is 0. The molecule has 11 heteroatoms. The van der Waals surface area contributed by atoms with E-state index in [0.29, 0.717) is 11.1 Å². The van der Waals surface area contributed by atoms with E-state index in [1.54, 1.807) is 0 Å². The number of aryl methyl sites for hydroxylation is 6. The number of carboxylic acids is 2. The van der Waals surface area contributed by atoms with Gasteiger partial charge < -0.3 is 40.2 Å². The Morgan fingerprint density at radius 2 is 0.743 bits per heavy atom. The van der Waals surface area contributed by atoms with E-state index < -0.39 is 34.9 Å². The van der Waals surface area contributed by atoms with Gasteiger partial charge in [0.05, 0.1) is 34.7 Å². The van der Waals surface area contributed by atoms with E-state index in [4.69, 9.17) is 30.4 Å². The summed E-state index contributed by atoms with van der Waals surface area (Å²) in [4.78, 5) is 31.8. The molecule has 0 aliphatic heterocycles. The summed E-state index contributed by atoms with van der Waals surface area (Å²) in [6, 6.07) is 19.4. The van der Waals surface area contributed by atoms with Gasteiger partial charge >= 0.3 is 20.4 Å². The number of aromatic hydroxyl groups is 4. The van der Waals surface area contributed by atoms with Crippen LogP contribution in [0.25, 0.3) is 0 Å². The van der Waals surface area contributed by atoms with E-state index >= 15 is 0 Å². The molecule has 4 N–H and O–H groups in total. The van der Waals surface area contributed by atoms with Crippen molar-refractivity contribution in [3.05, 3.63) is 105 Å². The zero-order valence-electron chi connectivity index (χ0n) is 43.7. The Morgan fingerprint density at radius 3 is 1.09 bits per heavy atom. The van der Waals surface area contributed by atoms with E-state index in [2.05, 4.69) is 77.9 Å². The van der Waals surface area contributed by atoms with Gasteiger partial charge in [0.25, 0.3) is 0 Å². The number of benzene rings is 4. The van der Waals surface area contributed by atoms with Crippen molar-refractivity contribution in [3.63, 3.8) is 0 Å². The van der Waals surface area contributed by atoms with Crippen LogP contribution >= 0.6 is 0 Å². The normalized spacial score (nSPS) is 11.3. The third-order valence-electron chi connectivity index (χ3n) is 12.4. The number of unbranched alkanes of at least 4 members (excludes halogenated alkanes) is 11. The van der Waals surface area contributed by atoms with Crippen LogP contribution in [-0.2, 0) is 46.1 Å². The number of hydrogen-bond donors (Lipinski definition) is 4. The predicted molar refractivity (Wildman–Crippen MR) is 281 cm³/mol. The van der Waals surface area contributed by atoms with Crippen LogP contribution in [0.4, 0.5) is 11.4 Å². The SMILES string of the molecule is CCCCCCCCC(=Nc1ccc(CCCC)c(CCCC)c1)C(CCCCC)=Nc1ccc(CCCC)c(CCCC)c1.Cc1ccc(O)c(O)c1C(=O)[O-].Cc1ccc(O)c(O)c1C(=O)[O-].[Pd+2]. The molecule has 0 atom stereocenters. The summed E-state index contributed by atoms with van der Waals surface area (Å²) < 4.78 is 0. The third kappa shape index (κ3) is 22.4. The molecule has 0 heterocycles. The van der Waals surface area contributed by atoms with Crippen molar-refractivity contribution in [2.24, 2.45) is 9.98 Å². The van der Waals surface area contributed by atoms with Gasteiger partial charge in [0.1, 0.15) is 0 Å². The molecule has 70 heavy (non-hydrogen) atoms. The molecule has 4 aromatic carbocycles. The van der Waals surface area contributed by atoms with E-state index in [1.807, 2.05) is 0 Å². The maximum Gasteiger partial charge on any atom is 2.00 e. The number of carbonyl (C=O) groups is 2. The fraction of sp³-hybridized carbons (Fsp3) is 0.525. The molecule has 0 aromatic heterocycles. The Labute approximate surface area is 434 Å². The van der Waals surface area contributed by atoms with Crippen molar-refractivity contribution < 1.29 is 60.7 Å². The summed E-state index contributed by atoms with van der Waals surface area (Å²) in [5.41, 5.74) is 10.8. The van der Waals surface area contributed by atoms with Crippen molar-refractivity contribution >= 4 is 34.7 Å². The second-order valence-corrected chi connectivity index (χ2v) is 18.2. The molecule has 4 aromatic rings. The van der Waals surface area contributed by atoms with Crippen LogP contribution in [0.5, 0.6) is 23.0 Å². The van der Waals surface area contributed by atoms with Crippen LogP contribution in [0.3, 0.4) is 0 Å². The van der Waals surface area contributed by atoms with Crippen LogP contribution in [0, 0.1) is 13.8 Å². The number of carboxylic acid groups (broad SMARTS) is 2. The molecular formula is C59H84N2O8Pd. The van der Waals surface area contributed by atoms with E-state index in [0.717, 1.165) is 37.1 Å². The van der Waals surface area contributed by atoms with E-state index in [1.165, 1.54) is 194 Å². The van der Waals surface area contributed by atoms with Gasteiger partial charge in [-0.15, -0.1) is 0 Å². The van der Waals surface area contributed by atoms with Crippen molar-refractivity contribution in [3.8, 4) is 23.0 Å². The fourth-order valence-electron chi connectivity index (χ4n) is 8.12. The molecule has 0 aliphatic rings. The first-order chi connectivity index (χ1) is 33.2. The quantitative estimate of drug-likeness (QED) is 0.0187. The predicted octanol–water partition coefficient (Wildman–Crippen LogP) is 13.8. The topological polar surface area (TPSA) is 186 Å². The number of nitrogens with zero attached hydrogens (tertiary/aromatic N) is 2. The maximum atomic E-state index is 10.4. The van der Waals surface area contributed by atoms with Gasteiger partial charge in [0.2, 0.25) is 0 Å². The number of hydrogen-bond acceptors (Lipinski definition) is 10. The minimum Gasteiger partial charge on any atom is -0.545 e. The summed E-state index contributed by atoms with van der Waals surface area (Å²) >= 11 is 0. The van der Waals surface area contributed by atoms with Gasteiger partial charge in [-0.05, 0) is 161 Å². The van der Waals surface area contributed by atoms with Crippen LogP contribution < -0.4 is 10.2 Å². The molecule has 0 amide bonds. The Hall–Kier alpha value is -4.98.